The van der Waals surface area contributed by atoms with Gasteiger partial charge in [-0.2, -0.15) is 0 Å². The van der Waals surface area contributed by atoms with Crippen molar-refractivity contribution in [3.63, 3.8) is 0 Å². The first kappa shape index (κ1) is 28.7. The first-order valence-corrected chi connectivity index (χ1v) is 14.6. The highest BCUT2D eigenvalue weighted by atomic mass is 16.7. The fraction of sp³-hybridized carbons (Fsp3) is 0.862. The fourth-order valence-corrected chi connectivity index (χ4v) is 9.82. The molecule has 6 rings (SSSR count). The Labute approximate surface area is 233 Å². The molecule has 14 atom stereocenters. The summed E-state index contributed by atoms with van der Waals surface area (Å²) in [4.78, 5) is 24.8. The van der Waals surface area contributed by atoms with E-state index in [9.17, 15) is 40.2 Å². The SMILES string of the molecule is C[C@@H]1O[C@H](O[C@@H]2CC[C@]3(C=O)[C@H]4[C@H](O)C[C@]5(C)[C@H](C6=CC(=O)OC6)CC[C@]5(O)[C@@H]4CC[C@]3(O)C2)[C@H](O)[C@H](O)[C@@H]1O. The Morgan fingerprint density at radius 2 is 1.75 bits per heavy atom. The van der Waals surface area contributed by atoms with Gasteiger partial charge in [-0.1, -0.05) is 6.92 Å². The topological polar surface area (TPSA) is 183 Å². The molecule has 0 aromatic carbocycles. The van der Waals surface area contributed by atoms with Gasteiger partial charge in [0.05, 0.1) is 34.9 Å². The van der Waals surface area contributed by atoms with Gasteiger partial charge in [-0.05, 0) is 69.3 Å². The molecule has 224 valence electrons. The van der Waals surface area contributed by atoms with Gasteiger partial charge in [0.25, 0.3) is 0 Å². The zero-order valence-electron chi connectivity index (χ0n) is 23.0. The molecule has 11 nitrogen and oxygen atoms in total. The summed E-state index contributed by atoms with van der Waals surface area (Å²) in [6.45, 7) is 3.72. The number of rotatable bonds is 4. The molecule has 0 aromatic rings. The number of fused-ring (bicyclic) bond motifs is 5. The van der Waals surface area contributed by atoms with Crippen LogP contribution in [-0.2, 0) is 23.8 Å². The minimum absolute atomic E-state index is 0.0615. The van der Waals surface area contributed by atoms with E-state index in [4.69, 9.17) is 14.2 Å². The van der Waals surface area contributed by atoms with Crippen LogP contribution in [0.5, 0.6) is 0 Å². The normalized spacial score (nSPS) is 56.0. The van der Waals surface area contributed by atoms with Crippen molar-refractivity contribution in [2.75, 3.05) is 6.61 Å². The molecule has 11 heteroatoms. The first-order chi connectivity index (χ1) is 18.8. The summed E-state index contributed by atoms with van der Waals surface area (Å²) in [7, 11) is 0. The first-order valence-electron chi connectivity index (χ1n) is 14.6. The number of hydrogen-bond acceptors (Lipinski definition) is 11. The number of aliphatic hydroxyl groups excluding tert-OH is 4. The monoisotopic (exact) mass is 566 g/mol. The molecule has 0 unspecified atom stereocenters. The van der Waals surface area contributed by atoms with E-state index in [0.717, 1.165) is 11.9 Å². The highest BCUT2D eigenvalue weighted by Gasteiger charge is 2.73. The van der Waals surface area contributed by atoms with Gasteiger partial charge in [-0.15, -0.1) is 0 Å². The van der Waals surface area contributed by atoms with Gasteiger partial charge in [-0.3, -0.25) is 0 Å². The highest BCUT2D eigenvalue weighted by molar-refractivity contribution is 5.85. The van der Waals surface area contributed by atoms with Gasteiger partial charge in [-0.25, -0.2) is 4.79 Å². The van der Waals surface area contributed by atoms with Crippen molar-refractivity contribution >= 4 is 12.3 Å². The van der Waals surface area contributed by atoms with Gasteiger partial charge in [0.1, 0.15) is 31.2 Å². The number of cyclic esters (lactones) is 1. The van der Waals surface area contributed by atoms with Gasteiger partial charge in [0.2, 0.25) is 0 Å². The largest absolute Gasteiger partial charge is 0.458 e. The lowest BCUT2D eigenvalue weighted by Crippen LogP contribution is -2.72. The minimum atomic E-state index is -1.51. The second-order valence-corrected chi connectivity index (χ2v) is 13.6. The summed E-state index contributed by atoms with van der Waals surface area (Å²) in [5, 5.41) is 66.7. The Bertz CT molecular complexity index is 1080. The lowest BCUT2D eigenvalue weighted by Gasteiger charge is -2.66. The van der Waals surface area contributed by atoms with E-state index in [-0.39, 0.29) is 38.2 Å². The second-order valence-electron chi connectivity index (χ2n) is 13.6. The molecular weight excluding hydrogens is 524 g/mol. The number of carbonyl (C=O) groups excluding carboxylic acids is 2. The van der Waals surface area contributed by atoms with E-state index < -0.39 is 82.8 Å². The summed E-state index contributed by atoms with van der Waals surface area (Å²) in [5.41, 5.74) is -3.89. The lowest BCUT2D eigenvalue weighted by atomic mass is 9.41. The number of carbonyl (C=O) groups is 2. The molecule has 6 N–H and O–H groups in total. The molecule has 2 aliphatic heterocycles. The zero-order chi connectivity index (χ0) is 28.8. The van der Waals surface area contributed by atoms with Gasteiger partial charge >= 0.3 is 5.97 Å². The Hall–Kier alpha value is -1.44. The van der Waals surface area contributed by atoms with Crippen LogP contribution < -0.4 is 0 Å². The molecule has 0 radical (unpaired) electrons. The molecular formula is C29H42O11. The van der Waals surface area contributed by atoms with Gasteiger partial charge in [0, 0.05) is 23.8 Å². The van der Waals surface area contributed by atoms with E-state index in [1.54, 1.807) is 6.92 Å². The van der Waals surface area contributed by atoms with Crippen LogP contribution in [0, 0.1) is 28.6 Å². The van der Waals surface area contributed by atoms with Crippen molar-refractivity contribution in [3.05, 3.63) is 11.6 Å². The van der Waals surface area contributed by atoms with Crippen molar-refractivity contribution in [2.24, 2.45) is 28.6 Å². The number of aldehydes is 1. The van der Waals surface area contributed by atoms with Crippen LogP contribution in [0.15, 0.2) is 11.6 Å². The van der Waals surface area contributed by atoms with Crippen molar-refractivity contribution in [1.29, 1.82) is 0 Å². The van der Waals surface area contributed by atoms with E-state index in [1.165, 1.54) is 6.08 Å². The fourth-order valence-electron chi connectivity index (χ4n) is 9.82. The molecule has 5 fully saturated rings. The summed E-state index contributed by atoms with van der Waals surface area (Å²) >= 11 is 0. The van der Waals surface area contributed by atoms with Crippen molar-refractivity contribution < 1.29 is 54.4 Å². The Morgan fingerprint density at radius 1 is 1.00 bits per heavy atom. The molecule has 0 bridgehead atoms. The molecule has 4 saturated carbocycles. The number of esters is 1. The van der Waals surface area contributed by atoms with E-state index in [0.29, 0.717) is 25.7 Å². The average molecular weight is 567 g/mol. The maximum atomic E-state index is 13.0. The van der Waals surface area contributed by atoms with Gasteiger partial charge in [0.15, 0.2) is 6.29 Å². The molecule has 0 aromatic heterocycles. The quantitative estimate of drug-likeness (QED) is 0.149. The predicted molar refractivity (Wildman–Crippen MR) is 136 cm³/mol. The van der Waals surface area contributed by atoms with E-state index >= 15 is 0 Å². The molecule has 4 aliphatic carbocycles. The molecule has 0 spiro atoms. The maximum Gasteiger partial charge on any atom is 0.331 e. The van der Waals surface area contributed by atoms with Crippen LogP contribution in [0.2, 0.25) is 0 Å². The lowest BCUT2D eigenvalue weighted by molar-refractivity contribution is -0.320. The molecule has 6 aliphatic rings. The van der Waals surface area contributed by atoms with Gasteiger partial charge < -0.3 is 49.6 Å². The number of ether oxygens (including phenoxy) is 3. The van der Waals surface area contributed by atoms with Crippen LogP contribution in [0.25, 0.3) is 0 Å². The second kappa shape index (κ2) is 9.54. The van der Waals surface area contributed by atoms with Crippen LogP contribution >= 0.6 is 0 Å². The average Bonchev–Trinajstić information content (AvgIpc) is 3.45. The Kier molecular flexibility index (Phi) is 6.83. The van der Waals surface area contributed by atoms with Crippen molar-refractivity contribution in [1.82, 2.24) is 0 Å². The number of aliphatic hydroxyl groups is 6. The summed E-state index contributed by atoms with van der Waals surface area (Å²) in [6, 6.07) is 0. The van der Waals surface area contributed by atoms with Crippen LogP contribution in [0.3, 0.4) is 0 Å². The standard InChI is InChI=1S/C29H42O11/c1-14-22(33)23(34)24(35)25(39-14)40-16-3-6-27(13-30)21-18(4-7-28(27,36)10-16)29(37)8-5-17(15-9-20(32)38-12-15)26(29,2)11-19(21)31/h9,13-14,16-19,21-25,31,33-37H,3-8,10-12H2,1-2H3/t14-,16+,17-,18+,19+,21+,22+,23+,24+,25+,26+,27-,28-,29-/m0/s1. The summed E-state index contributed by atoms with van der Waals surface area (Å²) < 4.78 is 16.8. The van der Waals surface area contributed by atoms with E-state index in [2.05, 4.69) is 0 Å². The van der Waals surface area contributed by atoms with Crippen molar-refractivity contribution in [2.45, 2.75) is 119 Å². The predicted octanol–water partition coefficient (Wildman–Crippen LogP) is -0.279. The minimum Gasteiger partial charge on any atom is -0.458 e. The zero-order valence-corrected chi connectivity index (χ0v) is 23.0. The van der Waals surface area contributed by atoms with Crippen molar-refractivity contribution in [3.8, 4) is 0 Å². The third kappa shape index (κ3) is 3.78. The number of hydrogen-bond donors (Lipinski definition) is 6. The third-order valence-electron chi connectivity index (χ3n) is 11.9. The van der Waals surface area contributed by atoms with Crippen LogP contribution in [0.4, 0.5) is 0 Å². The van der Waals surface area contributed by atoms with Crippen LogP contribution in [-0.4, -0.2) is 104 Å². The third-order valence-corrected chi connectivity index (χ3v) is 11.9. The van der Waals surface area contributed by atoms with Crippen LogP contribution in [0.1, 0.15) is 65.2 Å². The molecule has 0 amide bonds. The Morgan fingerprint density at radius 3 is 2.42 bits per heavy atom. The molecule has 40 heavy (non-hydrogen) atoms. The summed E-state index contributed by atoms with van der Waals surface area (Å²) in [6.07, 6.45) is -2.87. The van der Waals surface area contributed by atoms with E-state index in [1.807, 2.05) is 6.92 Å². The Balaban J connectivity index is 1.25. The maximum absolute atomic E-state index is 13.0. The highest BCUT2D eigenvalue weighted by Crippen LogP contribution is 2.70. The molecule has 2 heterocycles. The smallest absolute Gasteiger partial charge is 0.331 e. The summed E-state index contributed by atoms with van der Waals surface area (Å²) in [5.74, 6) is -1.61. The molecule has 1 saturated heterocycles.